The predicted molar refractivity (Wildman–Crippen MR) is 75.8 cm³/mol. The Bertz CT molecular complexity index is 520. The van der Waals surface area contributed by atoms with Crippen molar-refractivity contribution < 1.29 is 4.79 Å². The second kappa shape index (κ2) is 6.31. The van der Waals surface area contributed by atoms with Crippen LogP contribution in [0.5, 0.6) is 0 Å². The second-order valence-electron chi connectivity index (χ2n) is 4.58. The molecule has 2 aromatic carbocycles. The minimum atomic E-state index is 0.402. The van der Waals surface area contributed by atoms with Gasteiger partial charge in [0.2, 0.25) is 0 Å². The molecule has 0 spiro atoms. The van der Waals surface area contributed by atoms with Crippen LogP contribution in [0, 0.1) is 6.92 Å². The fraction of sp³-hybridized carbons (Fsp3) is 0.312. The number of Topliss-reactive ketones (excluding diaryl/α,β-unsaturated/α-hetero) is 1. The van der Waals surface area contributed by atoms with Crippen molar-refractivity contribution >= 4 is 16.6 Å². The Morgan fingerprint density at radius 1 is 0.944 bits per heavy atom. The molecular weight excluding hydrogens is 222 g/mol. The van der Waals surface area contributed by atoms with E-state index in [-0.39, 0.29) is 0 Å². The molecule has 1 fully saturated rings. The van der Waals surface area contributed by atoms with Gasteiger partial charge in [-0.05, 0) is 23.3 Å². The van der Waals surface area contributed by atoms with Gasteiger partial charge in [-0.3, -0.25) is 4.79 Å². The molecule has 1 heterocycles. The lowest BCUT2D eigenvalue weighted by Crippen LogP contribution is -2.27. The Balaban J connectivity index is 0.000000149. The fourth-order valence-electron chi connectivity index (χ4n) is 2.09. The summed E-state index contributed by atoms with van der Waals surface area (Å²) in [6.45, 7) is 3.92. The van der Waals surface area contributed by atoms with E-state index in [1.807, 2.05) is 0 Å². The van der Waals surface area contributed by atoms with Gasteiger partial charge in [-0.2, -0.15) is 0 Å². The van der Waals surface area contributed by atoms with E-state index in [2.05, 4.69) is 54.7 Å². The molecule has 2 heteroatoms. The molecule has 94 valence electrons. The van der Waals surface area contributed by atoms with Crippen LogP contribution in [-0.4, -0.2) is 18.9 Å². The first-order valence-corrected chi connectivity index (χ1v) is 6.44. The number of nitrogens with one attached hydrogen (secondary N) is 1. The lowest BCUT2D eigenvalue weighted by molar-refractivity contribution is -0.119. The van der Waals surface area contributed by atoms with Gasteiger partial charge in [0.25, 0.3) is 0 Å². The van der Waals surface area contributed by atoms with Gasteiger partial charge in [0.1, 0.15) is 5.78 Å². The van der Waals surface area contributed by atoms with Crippen molar-refractivity contribution in [3.63, 3.8) is 0 Å². The minimum absolute atomic E-state index is 0.402. The van der Waals surface area contributed by atoms with Crippen molar-refractivity contribution in [1.82, 2.24) is 5.32 Å². The number of carbonyl (C=O) groups is 1. The number of carbonyl (C=O) groups excluding carboxylic acids is 1. The number of piperidine rings is 1. The molecule has 1 aliphatic rings. The van der Waals surface area contributed by atoms with Gasteiger partial charge in [0, 0.05) is 25.9 Å². The summed E-state index contributed by atoms with van der Waals surface area (Å²) in [7, 11) is 0. The van der Waals surface area contributed by atoms with Crippen LogP contribution in [0.3, 0.4) is 0 Å². The molecule has 0 aromatic heterocycles. The number of hydrogen-bond donors (Lipinski definition) is 1. The topological polar surface area (TPSA) is 29.1 Å². The monoisotopic (exact) mass is 241 g/mol. The normalized spacial score (nSPS) is 15.1. The first-order valence-electron chi connectivity index (χ1n) is 6.44. The third-order valence-electron chi connectivity index (χ3n) is 3.17. The average Bonchev–Trinajstić information content (AvgIpc) is 2.41. The summed E-state index contributed by atoms with van der Waals surface area (Å²) in [6, 6.07) is 14.8. The molecule has 3 rings (SSSR count). The van der Waals surface area contributed by atoms with E-state index in [4.69, 9.17) is 0 Å². The third-order valence-corrected chi connectivity index (χ3v) is 3.17. The van der Waals surface area contributed by atoms with E-state index in [9.17, 15) is 4.79 Å². The van der Waals surface area contributed by atoms with Crippen molar-refractivity contribution in [2.75, 3.05) is 13.1 Å². The maximum atomic E-state index is 10.4. The smallest absolute Gasteiger partial charge is 0.135 e. The van der Waals surface area contributed by atoms with Gasteiger partial charge in [-0.15, -0.1) is 0 Å². The number of rotatable bonds is 0. The molecule has 0 radical (unpaired) electrons. The molecule has 0 saturated carbocycles. The first-order chi connectivity index (χ1) is 8.77. The van der Waals surface area contributed by atoms with E-state index < -0.39 is 0 Å². The molecule has 18 heavy (non-hydrogen) atoms. The van der Waals surface area contributed by atoms with Crippen LogP contribution in [0.2, 0.25) is 0 Å². The predicted octanol–water partition coefficient (Wildman–Crippen LogP) is 3.09. The Labute approximate surface area is 108 Å². The Morgan fingerprint density at radius 3 is 2.22 bits per heavy atom. The number of aryl methyl sites for hydroxylation is 1. The quantitative estimate of drug-likeness (QED) is 0.768. The number of benzene rings is 2. The van der Waals surface area contributed by atoms with E-state index in [1.54, 1.807) is 0 Å². The molecule has 1 saturated heterocycles. The van der Waals surface area contributed by atoms with Crippen molar-refractivity contribution in [1.29, 1.82) is 0 Å². The zero-order chi connectivity index (χ0) is 12.8. The molecule has 0 bridgehead atoms. The minimum Gasteiger partial charge on any atom is -0.316 e. The maximum Gasteiger partial charge on any atom is 0.135 e. The number of hydrogen-bond acceptors (Lipinski definition) is 2. The molecule has 0 aliphatic carbocycles. The van der Waals surface area contributed by atoms with Gasteiger partial charge in [0.05, 0.1) is 0 Å². The third kappa shape index (κ3) is 3.41. The van der Waals surface area contributed by atoms with E-state index in [0.29, 0.717) is 5.78 Å². The van der Waals surface area contributed by atoms with Gasteiger partial charge < -0.3 is 5.32 Å². The zero-order valence-electron chi connectivity index (χ0n) is 10.8. The Hall–Kier alpha value is -1.67. The van der Waals surface area contributed by atoms with Crippen molar-refractivity contribution in [2.24, 2.45) is 0 Å². The molecule has 0 amide bonds. The molecule has 0 atom stereocenters. The molecular formula is C16H19NO. The summed E-state index contributed by atoms with van der Waals surface area (Å²) in [6.07, 6.45) is 1.47. The van der Waals surface area contributed by atoms with E-state index >= 15 is 0 Å². The molecule has 2 aromatic rings. The Morgan fingerprint density at radius 2 is 1.61 bits per heavy atom. The van der Waals surface area contributed by atoms with Crippen molar-refractivity contribution in [3.05, 3.63) is 48.0 Å². The summed E-state index contributed by atoms with van der Waals surface area (Å²) < 4.78 is 0. The summed E-state index contributed by atoms with van der Waals surface area (Å²) in [5.41, 5.74) is 1.35. The van der Waals surface area contributed by atoms with Gasteiger partial charge in [0.15, 0.2) is 0 Å². The van der Waals surface area contributed by atoms with Crippen LogP contribution in [0.25, 0.3) is 10.8 Å². The summed E-state index contributed by atoms with van der Waals surface area (Å²) in [4.78, 5) is 10.4. The molecule has 1 aliphatic heterocycles. The number of fused-ring (bicyclic) bond motifs is 1. The van der Waals surface area contributed by atoms with E-state index in [0.717, 1.165) is 25.9 Å². The standard InChI is InChI=1S/C11H10.C5H9NO/c1-9-5-4-7-10-6-2-3-8-11(9)10;7-5-1-3-6-4-2-5/h2-8H,1H3;6H,1-4H2. The van der Waals surface area contributed by atoms with Crippen LogP contribution in [0.1, 0.15) is 18.4 Å². The summed E-state index contributed by atoms with van der Waals surface area (Å²) in [5, 5.41) is 5.78. The van der Waals surface area contributed by atoms with Crippen LogP contribution in [0.4, 0.5) is 0 Å². The highest BCUT2D eigenvalue weighted by Crippen LogP contribution is 2.16. The van der Waals surface area contributed by atoms with Crippen LogP contribution in [0.15, 0.2) is 42.5 Å². The SMILES string of the molecule is Cc1cccc2ccccc12.O=C1CCNCC1. The van der Waals surface area contributed by atoms with Gasteiger partial charge in [-0.1, -0.05) is 42.5 Å². The number of ketones is 1. The molecule has 0 unspecified atom stereocenters. The lowest BCUT2D eigenvalue weighted by atomic mass is 10.1. The van der Waals surface area contributed by atoms with Crippen molar-refractivity contribution in [3.8, 4) is 0 Å². The second-order valence-corrected chi connectivity index (χ2v) is 4.58. The largest absolute Gasteiger partial charge is 0.316 e. The first kappa shape index (κ1) is 12.8. The van der Waals surface area contributed by atoms with Crippen LogP contribution in [-0.2, 0) is 4.79 Å². The maximum absolute atomic E-state index is 10.4. The van der Waals surface area contributed by atoms with Crippen LogP contribution < -0.4 is 5.32 Å². The van der Waals surface area contributed by atoms with Crippen LogP contribution >= 0.6 is 0 Å². The summed E-state index contributed by atoms with van der Waals surface area (Å²) >= 11 is 0. The fourth-order valence-corrected chi connectivity index (χ4v) is 2.09. The van der Waals surface area contributed by atoms with E-state index in [1.165, 1.54) is 16.3 Å². The van der Waals surface area contributed by atoms with Crippen molar-refractivity contribution in [2.45, 2.75) is 19.8 Å². The zero-order valence-corrected chi connectivity index (χ0v) is 10.8. The molecule has 2 nitrogen and oxygen atoms in total. The average molecular weight is 241 g/mol. The highest BCUT2D eigenvalue weighted by molar-refractivity contribution is 5.85. The Kier molecular flexibility index (Phi) is 4.48. The van der Waals surface area contributed by atoms with Gasteiger partial charge in [-0.25, -0.2) is 0 Å². The highest BCUT2D eigenvalue weighted by atomic mass is 16.1. The molecule has 1 N–H and O–H groups in total. The lowest BCUT2D eigenvalue weighted by Gasteiger charge is -2.08. The van der Waals surface area contributed by atoms with Gasteiger partial charge >= 0.3 is 0 Å². The highest BCUT2D eigenvalue weighted by Gasteiger charge is 2.04. The summed E-state index contributed by atoms with van der Waals surface area (Å²) in [5.74, 6) is 0.402.